The molecule has 0 aromatic carbocycles. The average molecular weight is 515 g/mol. The fraction of sp³-hybridized carbons (Fsp3) is 0.861. The summed E-state index contributed by atoms with van der Waals surface area (Å²) in [6, 6.07) is 0. The third-order valence-corrected chi connectivity index (χ3v) is 8.61. The number of Topliss-reactive ketones (excluding diaryl/α,β-unsaturated/α-hetero) is 1. The fourth-order valence-corrected chi connectivity index (χ4v) is 6.09. The maximum absolute atomic E-state index is 11.8. The largest absolute Gasteiger partial charge is 0.300 e. The molecule has 1 rings (SSSR count). The van der Waals surface area contributed by atoms with Crippen molar-refractivity contribution in [1.82, 2.24) is 0 Å². The van der Waals surface area contributed by atoms with Crippen LogP contribution in [0.2, 0.25) is 0 Å². The van der Waals surface area contributed by atoms with Crippen molar-refractivity contribution in [2.75, 3.05) is 0 Å². The molecule has 0 N–H and O–H groups in total. The van der Waals surface area contributed by atoms with Crippen molar-refractivity contribution in [3.05, 3.63) is 24.3 Å². The standard InChI is InChI=1S/C36H66O/c1-3-5-7-9-11-13-15-17-19-21-23-25-27-29-31-36(33-35(37)34-36)32-30-28-26-24-22-20-18-16-14-12-10-8-6-4-2/h11,13,17,19H,3-10,12,14-16,18,20-34H2,1-2H3/b13-11-,19-17-. The highest BCUT2D eigenvalue weighted by Gasteiger charge is 2.41. The summed E-state index contributed by atoms with van der Waals surface area (Å²) in [4.78, 5) is 11.8. The van der Waals surface area contributed by atoms with Crippen LogP contribution in [0.1, 0.15) is 194 Å². The second kappa shape index (κ2) is 25.4. The number of rotatable bonds is 28. The highest BCUT2D eigenvalue weighted by atomic mass is 16.1. The van der Waals surface area contributed by atoms with E-state index in [1.165, 1.54) is 161 Å². The van der Waals surface area contributed by atoms with Gasteiger partial charge in [0.2, 0.25) is 0 Å². The molecule has 0 heterocycles. The third kappa shape index (κ3) is 20.7. The van der Waals surface area contributed by atoms with Gasteiger partial charge in [-0.15, -0.1) is 0 Å². The Morgan fingerprint density at radius 3 is 1.27 bits per heavy atom. The van der Waals surface area contributed by atoms with Crippen molar-refractivity contribution < 1.29 is 4.79 Å². The van der Waals surface area contributed by atoms with E-state index in [9.17, 15) is 4.79 Å². The molecule has 0 saturated heterocycles. The van der Waals surface area contributed by atoms with Crippen LogP contribution in [0, 0.1) is 5.41 Å². The molecule has 0 spiro atoms. The Morgan fingerprint density at radius 2 is 0.838 bits per heavy atom. The van der Waals surface area contributed by atoms with Gasteiger partial charge in [0.15, 0.2) is 0 Å². The molecule has 1 fully saturated rings. The van der Waals surface area contributed by atoms with Gasteiger partial charge in [-0.3, -0.25) is 4.79 Å². The van der Waals surface area contributed by atoms with Gasteiger partial charge < -0.3 is 0 Å². The van der Waals surface area contributed by atoms with Gasteiger partial charge in [-0.1, -0.05) is 160 Å². The molecule has 0 aromatic rings. The molecule has 0 atom stereocenters. The molecule has 1 saturated carbocycles. The van der Waals surface area contributed by atoms with Crippen LogP contribution < -0.4 is 0 Å². The van der Waals surface area contributed by atoms with Gasteiger partial charge >= 0.3 is 0 Å². The molecule has 1 nitrogen and oxygen atoms in total. The summed E-state index contributed by atoms with van der Waals surface area (Å²) in [5.41, 5.74) is 0.400. The van der Waals surface area contributed by atoms with Gasteiger partial charge in [-0.05, 0) is 50.4 Å². The predicted octanol–water partition coefficient (Wildman–Crippen LogP) is 12.6. The summed E-state index contributed by atoms with van der Waals surface area (Å²) in [6.07, 6.45) is 46.6. The van der Waals surface area contributed by atoms with E-state index in [4.69, 9.17) is 0 Å². The van der Waals surface area contributed by atoms with Crippen LogP contribution in [0.4, 0.5) is 0 Å². The van der Waals surface area contributed by atoms with Crippen molar-refractivity contribution >= 4 is 5.78 Å². The van der Waals surface area contributed by atoms with E-state index in [-0.39, 0.29) is 0 Å². The molecule has 0 aromatic heterocycles. The van der Waals surface area contributed by atoms with E-state index in [0.29, 0.717) is 11.2 Å². The quantitative estimate of drug-likeness (QED) is 0.0749. The second-order valence-electron chi connectivity index (χ2n) is 12.4. The summed E-state index contributed by atoms with van der Waals surface area (Å²) in [5, 5.41) is 0. The predicted molar refractivity (Wildman–Crippen MR) is 166 cm³/mol. The third-order valence-electron chi connectivity index (χ3n) is 8.61. The van der Waals surface area contributed by atoms with Crippen LogP contribution in [0.3, 0.4) is 0 Å². The molecule has 1 heteroatoms. The Morgan fingerprint density at radius 1 is 0.486 bits per heavy atom. The van der Waals surface area contributed by atoms with Crippen LogP contribution in [0.25, 0.3) is 0 Å². The monoisotopic (exact) mass is 515 g/mol. The van der Waals surface area contributed by atoms with Crippen molar-refractivity contribution in [3.8, 4) is 0 Å². The highest BCUT2D eigenvalue weighted by molar-refractivity contribution is 5.86. The zero-order chi connectivity index (χ0) is 26.7. The molecule has 0 bridgehead atoms. The van der Waals surface area contributed by atoms with E-state index in [0.717, 1.165) is 19.3 Å². The van der Waals surface area contributed by atoms with Crippen LogP contribution >= 0.6 is 0 Å². The zero-order valence-electron chi connectivity index (χ0n) is 25.5. The van der Waals surface area contributed by atoms with E-state index in [2.05, 4.69) is 38.2 Å². The Bertz CT molecular complexity index is 549. The van der Waals surface area contributed by atoms with E-state index < -0.39 is 0 Å². The molecule has 1 aliphatic carbocycles. The van der Waals surface area contributed by atoms with E-state index in [1.54, 1.807) is 0 Å². The maximum Gasteiger partial charge on any atom is 0.134 e. The summed E-state index contributed by atoms with van der Waals surface area (Å²) in [5.74, 6) is 0.523. The minimum absolute atomic E-state index is 0.400. The average Bonchev–Trinajstić information content (AvgIpc) is 2.88. The van der Waals surface area contributed by atoms with Crippen molar-refractivity contribution in [2.45, 2.75) is 194 Å². The number of hydrogen-bond acceptors (Lipinski definition) is 1. The van der Waals surface area contributed by atoms with Gasteiger partial charge in [0.1, 0.15) is 5.78 Å². The lowest BCUT2D eigenvalue weighted by atomic mass is 9.62. The number of carbonyl (C=O) groups excluding carboxylic acids is 1. The summed E-state index contributed by atoms with van der Waals surface area (Å²) >= 11 is 0. The molecule has 37 heavy (non-hydrogen) atoms. The Balaban J connectivity index is 1.92. The fourth-order valence-electron chi connectivity index (χ4n) is 6.09. The Hall–Kier alpha value is -0.850. The van der Waals surface area contributed by atoms with Crippen LogP contribution in [0.5, 0.6) is 0 Å². The van der Waals surface area contributed by atoms with Gasteiger partial charge in [0.25, 0.3) is 0 Å². The van der Waals surface area contributed by atoms with Crippen LogP contribution in [-0.4, -0.2) is 5.78 Å². The lowest BCUT2D eigenvalue weighted by molar-refractivity contribution is -0.133. The number of allylic oxidation sites excluding steroid dienone is 4. The van der Waals surface area contributed by atoms with Gasteiger partial charge in [-0.2, -0.15) is 0 Å². The molecule has 1 aliphatic rings. The SMILES string of the molecule is CCCCC/C=C\C/C=C\CCCCCCC1(CCCCCCCCCCCCCCCC)CC(=O)C1. The first-order chi connectivity index (χ1) is 18.2. The number of hydrogen-bond donors (Lipinski definition) is 0. The summed E-state index contributed by atoms with van der Waals surface area (Å²) in [7, 11) is 0. The molecule has 216 valence electrons. The minimum Gasteiger partial charge on any atom is -0.300 e. The summed E-state index contributed by atoms with van der Waals surface area (Å²) in [6.45, 7) is 4.56. The highest BCUT2D eigenvalue weighted by Crippen LogP contribution is 2.47. The lowest BCUT2D eigenvalue weighted by Crippen LogP contribution is -2.37. The molecule has 0 radical (unpaired) electrons. The van der Waals surface area contributed by atoms with Gasteiger partial charge in [0.05, 0.1) is 0 Å². The van der Waals surface area contributed by atoms with Crippen molar-refractivity contribution in [2.24, 2.45) is 5.41 Å². The van der Waals surface area contributed by atoms with Crippen LogP contribution in [0.15, 0.2) is 24.3 Å². The first-order valence-corrected chi connectivity index (χ1v) is 17.0. The van der Waals surface area contributed by atoms with E-state index >= 15 is 0 Å². The van der Waals surface area contributed by atoms with Crippen molar-refractivity contribution in [3.63, 3.8) is 0 Å². The number of carbonyl (C=O) groups is 1. The number of unbranched alkanes of at least 4 members (excludes halogenated alkanes) is 20. The smallest absolute Gasteiger partial charge is 0.134 e. The molecule has 0 unspecified atom stereocenters. The molecule has 0 amide bonds. The van der Waals surface area contributed by atoms with Crippen molar-refractivity contribution in [1.29, 1.82) is 0 Å². The maximum atomic E-state index is 11.8. The first-order valence-electron chi connectivity index (χ1n) is 17.0. The molecular weight excluding hydrogens is 448 g/mol. The van der Waals surface area contributed by atoms with Gasteiger partial charge in [0, 0.05) is 12.8 Å². The Kier molecular flexibility index (Phi) is 23.5. The minimum atomic E-state index is 0.400. The number of ketones is 1. The molecular formula is C36H66O. The zero-order valence-corrected chi connectivity index (χ0v) is 25.5. The second-order valence-corrected chi connectivity index (χ2v) is 12.4. The summed E-state index contributed by atoms with van der Waals surface area (Å²) < 4.78 is 0. The topological polar surface area (TPSA) is 17.1 Å². The molecule has 0 aliphatic heterocycles. The lowest BCUT2D eigenvalue weighted by Gasteiger charge is -2.41. The van der Waals surface area contributed by atoms with E-state index in [1.807, 2.05) is 0 Å². The first kappa shape index (κ1) is 34.2. The normalized spacial score (nSPS) is 15.2. The Labute approximate surface area is 233 Å². The van der Waals surface area contributed by atoms with Crippen LogP contribution in [-0.2, 0) is 4.79 Å². The van der Waals surface area contributed by atoms with Gasteiger partial charge in [-0.25, -0.2) is 0 Å².